The maximum Gasteiger partial charge on any atom is 0.294 e. The molecule has 0 radical (unpaired) electrons. The van der Waals surface area contributed by atoms with Crippen LogP contribution in [0.25, 0.3) is 0 Å². The highest BCUT2D eigenvalue weighted by Crippen LogP contribution is 2.31. The SMILES string of the molecule is CNC(=O)/C(=N/OC)c1ccccc1COc1ncc(C(OC=O)c2ccccc2)cc1Cl. The number of rotatable bonds is 10. The number of carbonyl (C=O) groups excluding carboxylic acids is 2. The Labute approximate surface area is 196 Å². The predicted molar refractivity (Wildman–Crippen MR) is 123 cm³/mol. The Morgan fingerprint density at radius 3 is 2.55 bits per heavy atom. The smallest absolute Gasteiger partial charge is 0.294 e. The molecule has 0 aliphatic carbocycles. The molecule has 3 aromatic rings. The van der Waals surface area contributed by atoms with E-state index in [0.29, 0.717) is 23.2 Å². The van der Waals surface area contributed by atoms with Crippen molar-refractivity contribution in [2.24, 2.45) is 5.16 Å². The minimum absolute atomic E-state index is 0.0783. The molecule has 3 rings (SSSR count). The zero-order valence-corrected chi connectivity index (χ0v) is 18.8. The first-order chi connectivity index (χ1) is 16.1. The van der Waals surface area contributed by atoms with Crippen LogP contribution in [0.4, 0.5) is 0 Å². The minimum atomic E-state index is -0.649. The molecule has 1 N–H and O–H groups in total. The number of aromatic nitrogens is 1. The molecule has 1 unspecified atom stereocenters. The number of hydrogen-bond acceptors (Lipinski definition) is 7. The van der Waals surface area contributed by atoms with E-state index in [-0.39, 0.29) is 23.2 Å². The van der Waals surface area contributed by atoms with E-state index in [1.807, 2.05) is 36.4 Å². The number of likely N-dealkylation sites (N-methyl/N-ethyl adjacent to an activating group) is 1. The normalized spacial score (nSPS) is 11.9. The van der Waals surface area contributed by atoms with E-state index in [2.05, 4.69) is 15.5 Å². The third-order valence-corrected chi connectivity index (χ3v) is 4.96. The van der Waals surface area contributed by atoms with E-state index < -0.39 is 12.0 Å². The first-order valence-electron chi connectivity index (χ1n) is 9.92. The third kappa shape index (κ3) is 5.87. The Kier molecular flexibility index (Phi) is 8.37. The van der Waals surface area contributed by atoms with Crippen molar-refractivity contribution in [2.75, 3.05) is 14.2 Å². The van der Waals surface area contributed by atoms with E-state index in [1.54, 1.807) is 24.3 Å². The van der Waals surface area contributed by atoms with Crippen LogP contribution in [-0.2, 0) is 25.8 Å². The molecule has 9 heteroatoms. The Balaban J connectivity index is 1.83. The number of pyridine rings is 1. The van der Waals surface area contributed by atoms with E-state index in [4.69, 9.17) is 25.9 Å². The second-order valence-corrected chi connectivity index (χ2v) is 7.13. The van der Waals surface area contributed by atoms with Crippen molar-refractivity contribution in [3.63, 3.8) is 0 Å². The second kappa shape index (κ2) is 11.6. The Bertz CT molecular complexity index is 1140. The Morgan fingerprint density at radius 1 is 1.15 bits per heavy atom. The van der Waals surface area contributed by atoms with Crippen molar-refractivity contribution in [2.45, 2.75) is 12.7 Å². The summed E-state index contributed by atoms with van der Waals surface area (Å²) in [4.78, 5) is 32.4. The highest BCUT2D eigenvalue weighted by Gasteiger charge is 2.20. The number of benzene rings is 2. The lowest BCUT2D eigenvalue weighted by atomic mass is 10.0. The first-order valence-corrected chi connectivity index (χ1v) is 10.3. The summed E-state index contributed by atoms with van der Waals surface area (Å²) in [6.45, 7) is 0.466. The maximum absolute atomic E-state index is 12.2. The second-order valence-electron chi connectivity index (χ2n) is 6.73. The fourth-order valence-corrected chi connectivity index (χ4v) is 3.40. The van der Waals surface area contributed by atoms with Crippen molar-refractivity contribution >= 4 is 29.7 Å². The summed E-state index contributed by atoms with van der Waals surface area (Å²) >= 11 is 6.41. The fourth-order valence-electron chi connectivity index (χ4n) is 3.17. The quantitative estimate of drug-likeness (QED) is 0.277. The largest absolute Gasteiger partial charge is 0.472 e. The molecule has 0 fully saturated rings. The van der Waals surface area contributed by atoms with Gasteiger partial charge in [0.25, 0.3) is 12.4 Å². The topological polar surface area (TPSA) is 99.1 Å². The lowest BCUT2D eigenvalue weighted by Crippen LogP contribution is -2.29. The molecule has 0 spiro atoms. The van der Waals surface area contributed by atoms with E-state index in [9.17, 15) is 9.59 Å². The lowest BCUT2D eigenvalue weighted by Gasteiger charge is -2.17. The zero-order valence-electron chi connectivity index (χ0n) is 18.0. The summed E-state index contributed by atoms with van der Waals surface area (Å²) in [6.07, 6.45) is 0.889. The van der Waals surface area contributed by atoms with Crippen LogP contribution in [0.5, 0.6) is 5.88 Å². The number of halogens is 1. The minimum Gasteiger partial charge on any atom is -0.472 e. The molecule has 33 heavy (non-hydrogen) atoms. The van der Waals surface area contributed by atoms with Gasteiger partial charge in [0.1, 0.15) is 18.7 Å². The van der Waals surface area contributed by atoms with Gasteiger partial charge < -0.3 is 19.6 Å². The molecule has 0 saturated carbocycles. The van der Waals surface area contributed by atoms with Crippen molar-refractivity contribution in [3.05, 3.63) is 94.1 Å². The fraction of sp³-hybridized carbons (Fsp3) is 0.167. The summed E-state index contributed by atoms with van der Waals surface area (Å²) in [7, 11) is 2.87. The van der Waals surface area contributed by atoms with Gasteiger partial charge in [-0.2, -0.15) is 0 Å². The predicted octanol–water partition coefficient (Wildman–Crippen LogP) is 3.67. The molecule has 0 bridgehead atoms. The molecule has 170 valence electrons. The highest BCUT2D eigenvalue weighted by atomic mass is 35.5. The standard InChI is InChI=1S/C24H22ClN3O5/c1-26-23(30)21(28-31-2)19-11-7-6-10-17(19)14-32-24-20(25)12-18(13-27-24)22(33-15-29)16-8-4-3-5-9-16/h3-13,15,22H,14H2,1-2H3,(H,26,30)/b28-21+. The van der Waals surface area contributed by atoms with Crippen molar-refractivity contribution in [1.29, 1.82) is 0 Å². The Morgan fingerprint density at radius 2 is 1.88 bits per heavy atom. The molecule has 2 aromatic carbocycles. The number of nitrogens with one attached hydrogen (secondary N) is 1. The molecule has 0 aliphatic heterocycles. The average Bonchev–Trinajstić information content (AvgIpc) is 2.85. The maximum atomic E-state index is 12.2. The average molecular weight is 468 g/mol. The number of amides is 1. The molecule has 1 atom stereocenters. The summed E-state index contributed by atoms with van der Waals surface area (Å²) in [5.41, 5.74) is 2.73. The van der Waals surface area contributed by atoms with Gasteiger partial charge in [0, 0.05) is 24.4 Å². The molecule has 8 nitrogen and oxygen atoms in total. The van der Waals surface area contributed by atoms with Crippen LogP contribution in [0, 0.1) is 0 Å². The van der Waals surface area contributed by atoms with Crippen LogP contribution >= 0.6 is 11.6 Å². The molecule has 0 aliphatic rings. The molecule has 1 aromatic heterocycles. The van der Waals surface area contributed by atoms with Crippen LogP contribution in [0.15, 0.2) is 72.0 Å². The summed E-state index contributed by atoms with van der Waals surface area (Å²) in [5, 5.41) is 6.63. The van der Waals surface area contributed by atoms with Gasteiger partial charge in [-0.15, -0.1) is 0 Å². The number of carbonyl (C=O) groups is 2. The number of oxime groups is 1. The van der Waals surface area contributed by atoms with E-state index >= 15 is 0 Å². The summed E-state index contributed by atoms with van der Waals surface area (Å²) < 4.78 is 11.1. The first kappa shape index (κ1) is 23.7. The summed E-state index contributed by atoms with van der Waals surface area (Å²) in [5.74, 6) is -0.203. The van der Waals surface area contributed by atoms with Crippen molar-refractivity contribution < 1.29 is 23.9 Å². The molecule has 0 saturated heterocycles. The van der Waals surface area contributed by atoms with Gasteiger partial charge in [-0.1, -0.05) is 71.4 Å². The van der Waals surface area contributed by atoms with Crippen molar-refractivity contribution in [1.82, 2.24) is 10.3 Å². The van der Waals surface area contributed by atoms with Gasteiger partial charge in [-0.3, -0.25) is 9.59 Å². The highest BCUT2D eigenvalue weighted by molar-refractivity contribution is 6.45. The van der Waals surface area contributed by atoms with E-state index in [0.717, 1.165) is 5.56 Å². The third-order valence-electron chi connectivity index (χ3n) is 4.69. The van der Waals surface area contributed by atoms with Crippen LogP contribution in [0.3, 0.4) is 0 Å². The van der Waals surface area contributed by atoms with Gasteiger partial charge in [0.2, 0.25) is 5.88 Å². The van der Waals surface area contributed by atoms with E-state index in [1.165, 1.54) is 20.4 Å². The molecule has 1 heterocycles. The molecule has 1 amide bonds. The van der Waals surface area contributed by atoms with Gasteiger partial charge in [-0.05, 0) is 17.2 Å². The van der Waals surface area contributed by atoms with Crippen LogP contribution in [0.2, 0.25) is 5.02 Å². The van der Waals surface area contributed by atoms with Crippen LogP contribution in [0.1, 0.15) is 28.4 Å². The van der Waals surface area contributed by atoms with Gasteiger partial charge in [0.05, 0.1) is 0 Å². The lowest BCUT2D eigenvalue weighted by molar-refractivity contribution is -0.132. The number of ether oxygens (including phenoxy) is 2. The zero-order chi connectivity index (χ0) is 23.6. The number of hydrogen-bond donors (Lipinski definition) is 1. The monoisotopic (exact) mass is 467 g/mol. The molecular weight excluding hydrogens is 446 g/mol. The van der Waals surface area contributed by atoms with Crippen LogP contribution < -0.4 is 10.1 Å². The number of nitrogens with zero attached hydrogens (tertiary/aromatic N) is 2. The van der Waals surface area contributed by atoms with Gasteiger partial charge >= 0.3 is 0 Å². The van der Waals surface area contributed by atoms with Gasteiger partial charge in [-0.25, -0.2) is 4.98 Å². The van der Waals surface area contributed by atoms with Crippen LogP contribution in [-0.4, -0.2) is 37.2 Å². The van der Waals surface area contributed by atoms with Crippen molar-refractivity contribution in [3.8, 4) is 5.88 Å². The molecular formula is C24H22ClN3O5. The Hall–Kier alpha value is -3.91. The summed E-state index contributed by atoms with van der Waals surface area (Å²) in [6, 6.07) is 18.0. The van der Waals surface area contributed by atoms with Gasteiger partial charge in [0.15, 0.2) is 11.8 Å².